The van der Waals surface area contributed by atoms with Gasteiger partial charge >= 0.3 is 0 Å². The molecule has 0 amide bonds. The van der Waals surface area contributed by atoms with Crippen LogP contribution in [0.4, 0.5) is 4.39 Å². The zero-order chi connectivity index (χ0) is 10.9. The number of aryl methyl sites for hydroxylation is 1. The van der Waals surface area contributed by atoms with Gasteiger partial charge in [0.25, 0.3) is 0 Å². The Morgan fingerprint density at radius 2 is 2.36 bits per heavy atom. The molecule has 0 aromatic heterocycles. The van der Waals surface area contributed by atoms with Crippen molar-refractivity contribution in [2.75, 3.05) is 0 Å². The van der Waals surface area contributed by atoms with Crippen molar-refractivity contribution in [3.63, 3.8) is 0 Å². The Bertz CT molecular complexity index is 371. The molecule has 1 rings (SSSR count). The van der Waals surface area contributed by atoms with E-state index >= 15 is 0 Å². The van der Waals surface area contributed by atoms with Gasteiger partial charge in [-0.1, -0.05) is 6.07 Å². The van der Waals surface area contributed by atoms with Crippen LogP contribution in [0.3, 0.4) is 0 Å². The summed E-state index contributed by atoms with van der Waals surface area (Å²) in [4.78, 5) is 10.6. The van der Waals surface area contributed by atoms with E-state index in [2.05, 4.69) is 0 Å². The number of rotatable bonds is 1. The topological polar surface area (TPSA) is 17.1 Å². The van der Waals surface area contributed by atoms with Crippen molar-refractivity contribution in [3.8, 4) is 0 Å². The summed E-state index contributed by atoms with van der Waals surface area (Å²) in [7, 11) is 0. The van der Waals surface area contributed by atoms with Crippen LogP contribution in [0.5, 0.6) is 0 Å². The molecule has 0 aliphatic carbocycles. The summed E-state index contributed by atoms with van der Waals surface area (Å²) in [6, 6.07) is 2.18. The fourth-order valence-corrected chi connectivity index (χ4v) is 0.854. The van der Waals surface area contributed by atoms with Gasteiger partial charge in [-0.2, -0.15) is 0 Å². The standard InChI is InChI=1S/C9H9FO/c1-6-3-4-9(10)7(2)8(6)5-11/h3-5H,1-2H3/i1D3. The van der Waals surface area contributed by atoms with Crippen LogP contribution in [0.2, 0.25) is 0 Å². The molecule has 1 aromatic carbocycles. The van der Waals surface area contributed by atoms with E-state index in [4.69, 9.17) is 4.11 Å². The van der Waals surface area contributed by atoms with Crippen LogP contribution in [0, 0.1) is 19.6 Å². The molecule has 0 saturated heterocycles. The highest BCUT2D eigenvalue weighted by Crippen LogP contribution is 2.14. The van der Waals surface area contributed by atoms with Crippen LogP contribution < -0.4 is 0 Å². The molecular weight excluding hydrogens is 143 g/mol. The first-order chi connectivity index (χ1) is 6.38. The van der Waals surface area contributed by atoms with Crippen molar-refractivity contribution in [2.24, 2.45) is 0 Å². The van der Waals surface area contributed by atoms with Gasteiger partial charge in [0, 0.05) is 9.68 Å². The second kappa shape index (κ2) is 2.82. The van der Waals surface area contributed by atoms with Crippen molar-refractivity contribution in [3.05, 3.63) is 34.6 Å². The average Bonchev–Trinajstić information content (AvgIpc) is 2.07. The Balaban J connectivity index is 3.47. The summed E-state index contributed by atoms with van der Waals surface area (Å²) in [6.45, 7) is -0.997. The quantitative estimate of drug-likeness (QED) is 0.568. The third-order valence-corrected chi connectivity index (χ3v) is 1.57. The molecule has 0 unspecified atom stereocenters. The third-order valence-electron chi connectivity index (χ3n) is 1.57. The van der Waals surface area contributed by atoms with Crippen LogP contribution in [-0.4, -0.2) is 6.29 Å². The molecular formula is C9H9FO. The molecule has 0 bridgehead atoms. The number of carbonyl (C=O) groups excluding carboxylic acids is 1. The van der Waals surface area contributed by atoms with E-state index < -0.39 is 12.7 Å². The maximum absolute atomic E-state index is 13.0. The van der Waals surface area contributed by atoms with Crippen LogP contribution in [0.1, 0.15) is 25.6 Å². The molecule has 0 aliphatic rings. The van der Waals surface area contributed by atoms with Crippen LogP contribution in [0.25, 0.3) is 0 Å². The molecule has 1 aromatic rings. The SMILES string of the molecule is [2H]C([2H])([2H])c1ccc(F)c(C)c1C=O. The first-order valence-corrected chi connectivity index (χ1v) is 3.12. The van der Waals surface area contributed by atoms with E-state index in [1.807, 2.05) is 0 Å². The van der Waals surface area contributed by atoms with Gasteiger partial charge in [0.05, 0.1) is 0 Å². The van der Waals surface area contributed by atoms with Gasteiger partial charge < -0.3 is 0 Å². The minimum Gasteiger partial charge on any atom is -0.298 e. The van der Waals surface area contributed by atoms with Crippen molar-refractivity contribution in [2.45, 2.75) is 13.8 Å². The van der Waals surface area contributed by atoms with Crippen molar-refractivity contribution in [1.29, 1.82) is 0 Å². The van der Waals surface area contributed by atoms with E-state index in [-0.39, 0.29) is 16.7 Å². The molecule has 0 radical (unpaired) electrons. The van der Waals surface area contributed by atoms with E-state index in [9.17, 15) is 9.18 Å². The lowest BCUT2D eigenvalue weighted by molar-refractivity contribution is 0.112. The predicted octanol–water partition coefficient (Wildman–Crippen LogP) is 2.26. The highest BCUT2D eigenvalue weighted by atomic mass is 19.1. The van der Waals surface area contributed by atoms with Crippen LogP contribution in [-0.2, 0) is 0 Å². The molecule has 1 nitrogen and oxygen atoms in total. The minimum atomic E-state index is -2.38. The van der Waals surface area contributed by atoms with E-state index in [0.29, 0.717) is 6.29 Å². The molecule has 0 fully saturated rings. The first kappa shape index (κ1) is 4.65. The number of hydrogen-bond acceptors (Lipinski definition) is 1. The largest absolute Gasteiger partial charge is 0.298 e. The van der Waals surface area contributed by atoms with E-state index in [1.54, 1.807) is 0 Å². The molecule has 0 aliphatic heterocycles. The summed E-state index contributed by atoms with van der Waals surface area (Å²) in [5, 5.41) is 0. The summed E-state index contributed by atoms with van der Waals surface area (Å²) in [5.41, 5.74) is -0.106. The second-order valence-corrected chi connectivity index (χ2v) is 2.25. The molecule has 0 atom stereocenters. The van der Waals surface area contributed by atoms with Gasteiger partial charge in [0.2, 0.25) is 0 Å². The monoisotopic (exact) mass is 155 g/mol. The molecule has 2 heteroatoms. The number of benzene rings is 1. The number of carbonyl (C=O) groups is 1. The molecule has 11 heavy (non-hydrogen) atoms. The van der Waals surface area contributed by atoms with Gasteiger partial charge in [-0.25, -0.2) is 4.39 Å². The molecule has 0 N–H and O–H groups in total. The first-order valence-electron chi connectivity index (χ1n) is 4.62. The number of halogens is 1. The number of hydrogen-bond donors (Lipinski definition) is 0. The lowest BCUT2D eigenvalue weighted by Gasteiger charge is -2.02. The number of aldehydes is 1. The van der Waals surface area contributed by atoms with Gasteiger partial charge in [0.1, 0.15) is 5.82 Å². The summed E-state index contributed by atoms with van der Waals surface area (Å²) >= 11 is 0. The van der Waals surface area contributed by atoms with E-state index in [0.717, 1.165) is 12.1 Å². The minimum absolute atomic E-state index is 0.0774. The zero-order valence-electron chi connectivity index (χ0n) is 9.02. The highest BCUT2D eigenvalue weighted by Gasteiger charge is 2.04. The van der Waals surface area contributed by atoms with Crippen molar-refractivity contribution < 1.29 is 13.3 Å². The van der Waals surface area contributed by atoms with Crippen LogP contribution in [0.15, 0.2) is 12.1 Å². The maximum atomic E-state index is 13.0. The lowest BCUT2D eigenvalue weighted by atomic mass is 10.0. The maximum Gasteiger partial charge on any atom is 0.150 e. The molecule has 0 saturated carbocycles. The smallest absolute Gasteiger partial charge is 0.150 e. The van der Waals surface area contributed by atoms with Gasteiger partial charge in [-0.3, -0.25) is 4.79 Å². The van der Waals surface area contributed by atoms with Crippen LogP contribution >= 0.6 is 0 Å². The lowest BCUT2D eigenvalue weighted by Crippen LogP contribution is -1.94. The molecule has 58 valence electrons. The Hall–Kier alpha value is -1.18. The Morgan fingerprint density at radius 3 is 2.91 bits per heavy atom. The second-order valence-electron chi connectivity index (χ2n) is 2.25. The Kier molecular flexibility index (Phi) is 1.19. The average molecular weight is 155 g/mol. The normalized spacial score (nSPS) is 14.9. The Morgan fingerprint density at radius 1 is 1.64 bits per heavy atom. The van der Waals surface area contributed by atoms with E-state index in [1.165, 1.54) is 6.92 Å². The van der Waals surface area contributed by atoms with Gasteiger partial charge in [-0.15, -0.1) is 0 Å². The highest BCUT2D eigenvalue weighted by molar-refractivity contribution is 5.79. The fourth-order valence-electron chi connectivity index (χ4n) is 0.854. The van der Waals surface area contributed by atoms with Crippen molar-refractivity contribution >= 4 is 6.29 Å². The summed E-state index contributed by atoms with van der Waals surface area (Å²) in [6.07, 6.45) is 0.375. The zero-order valence-corrected chi connectivity index (χ0v) is 6.02. The summed E-state index contributed by atoms with van der Waals surface area (Å²) < 4.78 is 34.4. The van der Waals surface area contributed by atoms with Gasteiger partial charge in [-0.05, 0) is 31.0 Å². The summed E-state index contributed by atoms with van der Waals surface area (Å²) in [5.74, 6) is -0.569. The predicted molar refractivity (Wildman–Crippen MR) is 41.3 cm³/mol. The van der Waals surface area contributed by atoms with Gasteiger partial charge in [0.15, 0.2) is 6.29 Å². The molecule has 0 spiro atoms. The van der Waals surface area contributed by atoms with Crippen molar-refractivity contribution in [1.82, 2.24) is 0 Å². The molecule has 0 heterocycles. The third kappa shape index (κ3) is 1.29. The Labute approximate surface area is 69.1 Å². The fraction of sp³-hybridized carbons (Fsp3) is 0.222.